The van der Waals surface area contributed by atoms with Gasteiger partial charge >= 0.3 is 5.97 Å². The highest BCUT2D eigenvalue weighted by Gasteiger charge is 2.14. The van der Waals surface area contributed by atoms with Crippen LogP contribution in [0.25, 0.3) is 0 Å². The van der Waals surface area contributed by atoms with E-state index in [9.17, 15) is 4.79 Å². The highest BCUT2D eigenvalue weighted by Crippen LogP contribution is 2.08. The van der Waals surface area contributed by atoms with Crippen LogP contribution in [0.1, 0.15) is 4.88 Å². The summed E-state index contributed by atoms with van der Waals surface area (Å²) in [4.78, 5) is 12.3. The molecule has 3 nitrogen and oxygen atoms in total. The molecular weight excluding hydrogens is 234 g/mol. The third-order valence-corrected chi connectivity index (χ3v) is 3.18. The van der Waals surface area contributed by atoms with Crippen molar-refractivity contribution in [3.8, 4) is 0 Å². The Balaban J connectivity index is 2.09. The summed E-state index contributed by atoms with van der Waals surface area (Å²) >= 11 is 7.49. The summed E-state index contributed by atoms with van der Waals surface area (Å²) in [6, 6.07) is 4.11. The van der Waals surface area contributed by atoms with Gasteiger partial charge in [-0.15, -0.1) is 22.9 Å². The van der Waals surface area contributed by atoms with E-state index in [0.717, 1.165) is 13.0 Å². The average Bonchev–Trinajstić information content (AvgIpc) is 2.75. The van der Waals surface area contributed by atoms with Crippen LogP contribution in [0.2, 0.25) is 0 Å². The Labute approximate surface area is 98.4 Å². The fraction of sp³-hybridized carbons (Fsp3) is 0.500. The predicted octanol–water partition coefficient (Wildman–Crippen LogP) is 1.66. The number of halogens is 1. The van der Waals surface area contributed by atoms with Gasteiger partial charge in [0.15, 0.2) is 0 Å². The molecule has 0 bridgehead atoms. The molecule has 1 N–H and O–H groups in total. The molecule has 0 radical (unpaired) electrons. The van der Waals surface area contributed by atoms with Gasteiger partial charge in [0, 0.05) is 18.0 Å². The van der Waals surface area contributed by atoms with E-state index >= 15 is 0 Å². The second-order valence-electron chi connectivity index (χ2n) is 3.02. The van der Waals surface area contributed by atoms with Crippen LogP contribution in [0.3, 0.4) is 0 Å². The van der Waals surface area contributed by atoms with E-state index in [1.807, 2.05) is 11.4 Å². The van der Waals surface area contributed by atoms with Gasteiger partial charge in [0.05, 0.1) is 7.11 Å². The van der Waals surface area contributed by atoms with Crippen LogP contribution in [-0.4, -0.2) is 31.5 Å². The zero-order valence-corrected chi connectivity index (χ0v) is 10.1. The number of thiophene rings is 1. The van der Waals surface area contributed by atoms with Crippen molar-refractivity contribution in [1.29, 1.82) is 0 Å². The molecule has 1 aromatic rings. The van der Waals surface area contributed by atoms with Crippen molar-refractivity contribution in [3.05, 3.63) is 22.4 Å². The highest BCUT2D eigenvalue weighted by atomic mass is 35.5. The highest BCUT2D eigenvalue weighted by molar-refractivity contribution is 7.09. The smallest absolute Gasteiger partial charge is 0.325 e. The molecular formula is C10H14ClNO2S. The first kappa shape index (κ1) is 12.5. The first-order valence-corrected chi connectivity index (χ1v) is 6.00. The Morgan fingerprint density at radius 2 is 2.53 bits per heavy atom. The molecule has 1 rings (SSSR count). The van der Waals surface area contributed by atoms with Gasteiger partial charge in [-0.3, -0.25) is 4.79 Å². The van der Waals surface area contributed by atoms with E-state index in [4.69, 9.17) is 11.6 Å². The van der Waals surface area contributed by atoms with Crippen molar-refractivity contribution >= 4 is 28.9 Å². The predicted molar refractivity (Wildman–Crippen MR) is 62.5 cm³/mol. The number of esters is 1. The third kappa shape index (κ3) is 4.64. The summed E-state index contributed by atoms with van der Waals surface area (Å²) in [6.45, 7) is 1.26. The summed E-state index contributed by atoms with van der Waals surface area (Å²) in [5.41, 5.74) is 0. The summed E-state index contributed by atoms with van der Waals surface area (Å²) in [6.07, 6.45) is 0.961. The monoisotopic (exact) mass is 247 g/mol. The zero-order chi connectivity index (χ0) is 11.1. The van der Waals surface area contributed by atoms with Crippen molar-refractivity contribution in [2.75, 3.05) is 20.2 Å². The number of carbonyl (C=O) groups is 1. The Kier molecular flexibility index (Phi) is 5.68. The maximum atomic E-state index is 10.9. The fourth-order valence-corrected chi connectivity index (χ4v) is 2.01. The van der Waals surface area contributed by atoms with E-state index in [1.54, 1.807) is 11.3 Å². The lowest BCUT2D eigenvalue weighted by molar-refractivity contribution is -0.140. The maximum Gasteiger partial charge on any atom is 0.325 e. The van der Waals surface area contributed by atoms with Crippen LogP contribution in [0.4, 0.5) is 0 Å². The van der Waals surface area contributed by atoms with Crippen LogP contribution >= 0.6 is 22.9 Å². The first-order chi connectivity index (χ1) is 7.24. The minimum Gasteiger partial charge on any atom is -0.468 e. The molecule has 0 aliphatic rings. The summed E-state index contributed by atoms with van der Waals surface area (Å²) < 4.78 is 4.51. The SMILES string of the molecule is COC(=O)C(Cl)CNCCc1cccs1. The normalized spacial score (nSPS) is 12.4. The quantitative estimate of drug-likeness (QED) is 0.472. The van der Waals surface area contributed by atoms with Crippen molar-refractivity contribution in [2.45, 2.75) is 11.8 Å². The maximum absolute atomic E-state index is 10.9. The van der Waals surface area contributed by atoms with Gasteiger partial charge in [-0.1, -0.05) is 6.07 Å². The van der Waals surface area contributed by atoms with Crippen molar-refractivity contribution < 1.29 is 9.53 Å². The number of hydrogen-bond donors (Lipinski definition) is 1. The zero-order valence-electron chi connectivity index (χ0n) is 8.53. The lowest BCUT2D eigenvalue weighted by Gasteiger charge is -2.07. The Morgan fingerprint density at radius 3 is 3.13 bits per heavy atom. The molecule has 0 aliphatic carbocycles. The number of ether oxygens (including phenoxy) is 1. The molecule has 0 saturated carbocycles. The number of nitrogens with one attached hydrogen (secondary N) is 1. The average molecular weight is 248 g/mol. The minimum atomic E-state index is -0.599. The standard InChI is InChI=1S/C10H14ClNO2S/c1-14-10(13)9(11)7-12-5-4-8-3-2-6-15-8/h2-3,6,9,12H,4-5,7H2,1H3. The van der Waals surface area contributed by atoms with Gasteiger partial charge in [-0.05, 0) is 17.9 Å². The summed E-state index contributed by atoms with van der Waals surface area (Å²) in [5.74, 6) is -0.389. The van der Waals surface area contributed by atoms with Gasteiger partial charge in [0.2, 0.25) is 0 Å². The first-order valence-electron chi connectivity index (χ1n) is 4.69. The molecule has 0 amide bonds. The van der Waals surface area contributed by atoms with Crippen molar-refractivity contribution in [3.63, 3.8) is 0 Å². The van der Waals surface area contributed by atoms with E-state index in [-0.39, 0.29) is 5.97 Å². The van der Waals surface area contributed by atoms with Crippen LogP contribution < -0.4 is 5.32 Å². The minimum absolute atomic E-state index is 0.389. The second kappa shape index (κ2) is 6.82. The second-order valence-corrected chi connectivity index (χ2v) is 4.58. The topological polar surface area (TPSA) is 38.3 Å². The molecule has 0 fully saturated rings. The van der Waals surface area contributed by atoms with E-state index in [1.165, 1.54) is 12.0 Å². The molecule has 5 heteroatoms. The largest absolute Gasteiger partial charge is 0.468 e. The van der Waals surface area contributed by atoms with E-state index < -0.39 is 5.38 Å². The molecule has 1 aromatic heterocycles. The molecule has 1 heterocycles. The van der Waals surface area contributed by atoms with Crippen molar-refractivity contribution in [1.82, 2.24) is 5.32 Å². The van der Waals surface area contributed by atoms with Crippen LogP contribution in [0.5, 0.6) is 0 Å². The lowest BCUT2D eigenvalue weighted by Crippen LogP contribution is -2.31. The number of hydrogen-bond acceptors (Lipinski definition) is 4. The van der Waals surface area contributed by atoms with E-state index in [2.05, 4.69) is 16.1 Å². The molecule has 0 aromatic carbocycles. The lowest BCUT2D eigenvalue weighted by atomic mass is 10.3. The number of carbonyl (C=O) groups excluding carboxylic acids is 1. The molecule has 1 unspecified atom stereocenters. The number of alkyl halides is 1. The van der Waals surface area contributed by atoms with Crippen molar-refractivity contribution in [2.24, 2.45) is 0 Å². The van der Waals surface area contributed by atoms with Gasteiger partial charge in [-0.25, -0.2) is 0 Å². The van der Waals surface area contributed by atoms with Gasteiger partial charge in [0.1, 0.15) is 5.38 Å². The van der Waals surface area contributed by atoms with Gasteiger partial charge in [-0.2, -0.15) is 0 Å². The summed E-state index contributed by atoms with van der Waals surface area (Å²) in [5, 5.41) is 4.56. The van der Waals surface area contributed by atoms with Crippen LogP contribution in [0.15, 0.2) is 17.5 Å². The summed E-state index contributed by atoms with van der Waals surface area (Å²) in [7, 11) is 1.34. The number of methoxy groups -OCH3 is 1. The third-order valence-electron chi connectivity index (χ3n) is 1.91. The molecule has 0 saturated heterocycles. The van der Waals surface area contributed by atoms with Gasteiger partial charge in [0.25, 0.3) is 0 Å². The molecule has 84 valence electrons. The van der Waals surface area contributed by atoms with Gasteiger partial charge < -0.3 is 10.1 Å². The molecule has 0 aliphatic heterocycles. The Bertz CT molecular complexity index is 290. The molecule has 15 heavy (non-hydrogen) atoms. The Hall–Kier alpha value is -0.580. The fourth-order valence-electron chi connectivity index (χ4n) is 1.11. The Morgan fingerprint density at radius 1 is 1.73 bits per heavy atom. The molecule has 1 atom stereocenters. The number of rotatable bonds is 6. The van der Waals surface area contributed by atoms with Crippen LogP contribution in [-0.2, 0) is 16.0 Å². The van der Waals surface area contributed by atoms with E-state index in [0.29, 0.717) is 6.54 Å². The molecule has 0 spiro atoms. The van der Waals surface area contributed by atoms with Crippen LogP contribution in [0, 0.1) is 0 Å².